The first-order valence-electron chi connectivity index (χ1n) is 15.9. The highest BCUT2D eigenvalue weighted by Gasteiger charge is 2.79. The lowest BCUT2D eigenvalue weighted by atomic mass is 9.48. The molecule has 5 fully saturated rings. The second-order valence-corrected chi connectivity index (χ2v) is 15.1. The van der Waals surface area contributed by atoms with Crippen LogP contribution in [-0.2, 0) is 9.53 Å². The molecule has 5 saturated carbocycles. The van der Waals surface area contributed by atoms with Crippen LogP contribution in [0.2, 0.25) is 0 Å². The first-order valence-corrected chi connectivity index (χ1v) is 15.9. The molecule has 5 rings (SSSR count). The van der Waals surface area contributed by atoms with E-state index >= 15 is 0 Å². The predicted octanol–water partition coefficient (Wildman–Crippen LogP) is 9.23. The fourth-order valence-corrected chi connectivity index (χ4v) is 11.0. The van der Waals surface area contributed by atoms with Crippen molar-refractivity contribution < 1.29 is 9.53 Å². The monoisotopic (exact) mass is 496 g/mol. The molecule has 0 heterocycles. The van der Waals surface area contributed by atoms with Crippen molar-refractivity contribution >= 4 is 5.97 Å². The summed E-state index contributed by atoms with van der Waals surface area (Å²) >= 11 is 0. The molecule has 0 aromatic carbocycles. The molecule has 2 nitrogen and oxygen atoms in total. The van der Waals surface area contributed by atoms with Gasteiger partial charge in [-0.2, -0.15) is 0 Å². The van der Waals surface area contributed by atoms with Gasteiger partial charge in [-0.05, 0) is 135 Å². The molecule has 0 aromatic heterocycles. The summed E-state index contributed by atoms with van der Waals surface area (Å²) in [5.74, 6) is 5.65. The third kappa shape index (κ3) is 3.88. The molecular weight excluding hydrogens is 440 g/mol. The molecule has 36 heavy (non-hydrogen) atoms. The average molecular weight is 497 g/mol. The van der Waals surface area contributed by atoms with Crippen LogP contribution in [0.4, 0.5) is 0 Å². The fourth-order valence-electron chi connectivity index (χ4n) is 11.0. The Hall–Kier alpha value is -0.790. The summed E-state index contributed by atoms with van der Waals surface area (Å²) in [6, 6.07) is 0. The Morgan fingerprint density at radius 3 is 2.31 bits per heavy atom. The summed E-state index contributed by atoms with van der Waals surface area (Å²) in [5.41, 5.74) is 3.21. The first kappa shape index (κ1) is 26.8. The molecule has 5 aliphatic rings. The lowest BCUT2D eigenvalue weighted by molar-refractivity contribution is -0.165. The van der Waals surface area contributed by atoms with E-state index < -0.39 is 0 Å². The zero-order valence-corrected chi connectivity index (χ0v) is 24.7. The summed E-state index contributed by atoms with van der Waals surface area (Å²) in [6.07, 6.45) is 16.2. The quantitative estimate of drug-likeness (QED) is 0.247. The molecule has 0 amide bonds. The van der Waals surface area contributed by atoms with Gasteiger partial charge in [-0.15, -0.1) is 0 Å². The lowest BCUT2D eigenvalue weighted by Crippen LogP contribution is -2.52. The van der Waals surface area contributed by atoms with Gasteiger partial charge >= 0.3 is 5.97 Å². The number of carbonyl (C=O) groups excluding carboxylic acids is 1. The normalized spacial score (nSPS) is 46.7. The van der Waals surface area contributed by atoms with Crippen LogP contribution < -0.4 is 0 Å². The van der Waals surface area contributed by atoms with Gasteiger partial charge in [0, 0.05) is 0 Å². The van der Waals surface area contributed by atoms with Crippen molar-refractivity contribution in [1.82, 2.24) is 0 Å². The maximum Gasteiger partial charge on any atom is 0.308 e. The summed E-state index contributed by atoms with van der Waals surface area (Å²) < 4.78 is 6.14. The van der Waals surface area contributed by atoms with Gasteiger partial charge in [-0.3, -0.25) is 4.79 Å². The second-order valence-electron chi connectivity index (χ2n) is 15.1. The van der Waals surface area contributed by atoms with Crippen LogP contribution in [0, 0.1) is 63.6 Å². The summed E-state index contributed by atoms with van der Waals surface area (Å²) in [4.78, 5) is 12.6. The van der Waals surface area contributed by atoms with E-state index in [9.17, 15) is 4.79 Å². The fraction of sp³-hybridized carbons (Fsp3) is 0.912. The van der Waals surface area contributed by atoms with E-state index in [4.69, 9.17) is 4.74 Å². The zero-order chi connectivity index (χ0) is 26.0. The Morgan fingerprint density at radius 2 is 1.61 bits per heavy atom. The minimum absolute atomic E-state index is 0.0354. The number of carbonyl (C=O) groups is 1. The van der Waals surface area contributed by atoms with Crippen LogP contribution in [0.3, 0.4) is 0 Å². The molecule has 0 saturated heterocycles. The first-order chi connectivity index (χ1) is 17.0. The van der Waals surface area contributed by atoms with Crippen LogP contribution in [0.1, 0.15) is 126 Å². The van der Waals surface area contributed by atoms with Crippen molar-refractivity contribution in [3.8, 4) is 0 Å². The van der Waals surface area contributed by atoms with Gasteiger partial charge in [0.15, 0.2) is 0 Å². The minimum atomic E-state index is 0.0354. The van der Waals surface area contributed by atoms with Gasteiger partial charge in [0.2, 0.25) is 0 Å². The highest BCUT2D eigenvalue weighted by molar-refractivity contribution is 5.72. The molecule has 0 bridgehead atoms. The number of rotatable bonds is 8. The lowest BCUT2D eigenvalue weighted by Gasteiger charge is -2.57. The van der Waals surface area contributed by atoms with Crippen molar-refractivity contribution in [2.45, 2.75) is 132 Å². The van der Waals surface area contributed by atoms with Crippen molar-refractivity contribution in [2.75, 3.05) is 0 Å². The van der Waals surface area contributed by atoms with E-state index in [0.717, 1.165) is 42.4 Å². The van der Waals surface area contributed by atoms with Gasteiger partial charge in [-0.1, -0.05) is 60.6 Å². The van der Waals surface area contributed by atoms with Crippen molar-refractivity contribution in [1.29, 1.82) is 0 Å². The number of esters is 1. The number of hydrogen-bond acceptors (Lipinski definition) is 2. The molecule has 11 unspecified atom stereocenters. The molecule has 2 spiro atoms. The number of ether oxygens (including phenoxy) is 1. The smallest absolute Gasteiger partial charge is 0.308 e. The van der Waals surface area contributed by atoms with Gasteiger partial charge in [0.1, 0.15) is 6.10 Å². The molecule has 5 aliphatic carbocycles. The highest BCUT2D eigenvalue weighted by atomic mass is 16.5. The Bertz CT molecular complexity index is 859. The Labute approximate surface area is 222 Å². The summed E-state index contributed by atoms with van der Waals surface area (Å²) in [6.45, 7) is 20.8. The Morgan fingerprint density at radius 1 is 0.944 bits per heavy atom. The SMILES string of the molecule is C=C(CCC(C)C1CCC2C3CCC4C(C)C(OC(=O)C(C)CC)CCC45CC35CCC12C)C(C)C. The van der Waals surface area contributed by atoms with Crippen molar-refractivity contribution in [3.05, 3.63) is 12.2 Å². The maximum absolute atomic E-state index is 12.6. The van der Waals surface area contributed by atoms with Gasteiger partial charge in [0.05, 0.1) is 5.92 Å². The summed E-state index contributed by atoms with van der Waals surface area (Å²) in [5, 5.41) is 0. The molecular formula is C34H56O2. The largest absolute Gasteiger partial charge is 0.462 e. The highest BCUT2D eigenvalue weighted by Crippen LogP contribution is 2.86. The van der Waals surface area contributed by atoms with E-state index in [1.165, 1.54) is 69.8 Å². The van der Waals surface area contributed by atoms with Crippen LogP contribution in [0.15, 0.2) is 12.2 Å². The predicted molar refractivity (Wildman–Crippen MR) is 149 cm³/mol. The van der Waals surface area contributed by atoms with E-state index in [2.05, 4.69) is 48.1 Å². The average Bonchev–Trinajstić information content (AvgIpc) is 3.39. The second kappa shape index (κ2) is 9.44. The molecule has 2 heteroatoms. The standard InChI is InChI=1S/C34H56O2/c1-9-22(4)31(35)36-30-16-17-33-20-34(33)19-18-32(8)26(24(6)11-10-23(5)21(2)3)12-14-28(32)29(34)15-13-27(33)25(30)7/h21-22,24-30H,5,9-20H2,1-4,6-8H3. The van der Waals surface area contributed by atoms with E-state index in [1.54, 1.807) is 0 Å². The number of allylic oxidation sites excluding steroid dienone is 1. The van der Waals surface area contributed by atoms with Gasteiger partial charge in [0.25, 0.3) is 0 Å². The van der Waals surface area contributed by atoms with E-state index in [-0.39, 0.29) is 18.0 Å². The third-order valence-electron chi connectivity index (χ3n) is 13.6. The van der Waals surface area contributed by atoms with Crippen LogP contribution in [0.25, 0.3) is 0 Å². The maximum atomic E-state index is 12.6. The zero-order valence-electron chi connectivity index (χ0n) is 24.7. The van der Waals surface area contributed by atoms with Crippen molar-refractivity contribution in [3.63, 3.8) is 0 Å². The van der Waals surface area contributed by atoms with E-state index in [0.29, 0.717) is 28.1 Å². The van der Waals surface area contributed by atoms with Gasteiger partial charge < -0.3 is 4.74 Å². The van der Waals surface area contributed by atoms with Crippen LogP contribution in [0.5, 0.6) is 0 Å². The van der Waals surface area contributed by atoms with Gasteiger partial charge in [-0.25, -0.2) is 0 Å². The van der Waals surface area contributed by atoms with E-state index in [1.807, 2.05) is 6.92 Å². The Kier molecular flexibility index (Phi) is 7.03. The number of fused-ring (bicyclic) bond motifs is 2. The topological polar surface area (TPSA) is 26.3 Å². The molecule has 204 valence electrons. The molecule has 0 radical (unpaired) electrons. The minimum Gasteiger partial charge on any atom is -0.462 e. The third-order valence-corrected chi connectivity index (χ3v) is 13.6. The molecule has 0 aromatic rings. The molecule has 0 aliphatic heterocycles. The molecule has 0 N–H and O–H groups in total. The van der Waals surface area contributed by atoms with Crippen LogP contribution >= 0.6 is 0 Å². The van der Waals surface area contributed by atoms with Crippen molar-refractivity contribution in [2.24, 2.45) is 63.6 Å². The Balaban J connectivity index is 1.27. The summed E-state index contributed by atoms with van der Waals surface area (Å²) in [7, 11) is 0. The molecule has 11 atom stereocenters. The van der Waals surface area contributed by atoms with Crippen LogP contribution in [-0.4, -0.2) is 12.1 Å². The number of hydrogen-bond donors (Lipinski definition) is 0.